The second-order valence-electron chi connectivity index (χ2n) is 5.70. The maximum absolute atomic E-state index is 11.8. The highest BCUT2D eigenvalue weighted by molar-refractivity contribution is 5.90. The van der Waals surface area contributed by atoms with Gasteiger partial charge in [0.2, 0.25) is 5.91 Å². The molecule has 1 amide bonds. The smallest absolute Gasteiger partial charge is 0.303 e. The van der Waals surface area contributed by atoms with Crippen molar-refractivity contribution in [3.8, 4) is 5.75 Å². The van der Waals surface area contributed by atoms with Gasteiger partial charge in [0.25, 0.3) is 0 Å². The zero-order valence-corrected chi connectivity index (χ0v) is 12.7. The maximum atomic E-state index is 11.8. The third-order valence-corrected chi connectivity index (χ3v) is 3.77. The normalized spacial score (nSPS) is 14.7. The maximum Gasteiger partial charge on any atom is 0.303 e. The van der Waals surface area contributed by atoms with Crippen molar-refractivity contribution in [1.82, 2.24) is 0 Å². The van der Waals surface area contributed by atoms with Crippen molar-refractivity contribution in [2.75, 3.05) is 5.32 Å². The van der Waals surface area contributed by atoms with E-state index < -0.39 is 5.97 Å². The molecular weight excluding hydrogens is 282 g/mol. The monoisotopic (exact) mass is 305 g/mol. The number of benzene rings is 1. The minimum absolute atomic E-state index is 0.0941. The summed E-state index contributed by atoms with van der Waals surface area (Å²) in [5, 5.41) is 11.4. The molecule has 2 N–H and O–H groups in total. The summed E-state index contributed by atoms with van der Waals surface area (Å²) in [5.41, 5.74) is 0.721. The van der Waals surface area contributed by atoms with Crippen molar-refractivity contribution >= 4 is 17.6 Å². The van der Waals surface area contributed by atoms with Crippen LogP contribution in [-0.4, -0.2) is 23.1 Å². The predicted octanol–water partition coefficient (Wildman–Crippen LogP) is 3.59. The van der Waals surface area contributed by atoms with E-state index in [1.165, 1.54) is 12.8 Å². The summed E-state index contributed by atoms with van der Waals surface area (Å²) in [6, 6.07) is 7.44. The van der Waals surface area contributed by atoms with Gasteiger partial charge in [0, 0.05) is 24.6 Å². The standard InChI is InChI=1S/C17H23NO4/c19-16(10-3-4-11-17(20)21)18-13-6-5-9-15(12-13)22-14-7-1-2-8-14/h5-6,9,12,14H,1-4,7-8,10-11H2,(H,18,19)(H,20,21). The van der Waals surface area contributed by atoms with E-state index in [0.717, 1.165) is 24.3 Å². The fourth-order valence-electron chi connectivity index (χ4n) is 2.63. The minimum atomic E-state index is -0.822. The molecule has 0 aromatic heterocycles. The Morgan fingerprint density at radius 1 is 1.18 bits per heavy atom. The fourth-order valence-corrected chi connectivity index (χ4v) is 2.63. The number of carbonyl (C=O) groups excluding carboxylic acids is 1. The Kier molecular flexibility index (Phi) is 6.25. The molecule has 0 radical (unpaired) electrons. The first-order valence-corrected chi connectivity index (χ1v) is 7.92. The van der Waals surface area contributed by atoms with Crippen LogP contribution in [0.2, 0.25) is 0 Å². The number of carbonyl (C=O) groups is 2. The lowest BCUT2D eigenvalue weighted by molar-refractivity contribution is -0.137. The molecule has 0 atom stereocenters. The highest BCUT2D eigenvalue weighted by Crippen LogP contribution is 2.25. The number of ether oxygens (including phenoxy) is 1. The average molecular weight is 305 g/mol. The zero-order chi connectivity index (χ0) is 15.8. The van der Waals surface area contributed by atoms with Crippen LogP contribution in [0.4, 0.5) is 5.69 Å². The van der Waals surface area contributed by atoms with Gasteiger partial charge in [-0.3, -0.25) is 9.59 Å². The second kappa shape index (κ2) is 8.41. The van der Waals surface area contributed by atoms with E-state index in [9.17, 15) is 9.59 Å². The van der Waals surface area contributed by atoms with E-state index in [1.54, 1.807) is 0 Å². The number of rotatable bonds is 8. The molecule has 22 heavy (non-hydrogen) atoms. The van der Waals surface area contributed by atoms with E-state index >= 15 is 0 Å². The number of unbranched alkanes of at least 4 members (excludes halogenated alkanes) is 1. The third kappa shape index (κ3) is 5.76. The summed E-state index contributed by atoms with van der Waals surface area (Å²) in [4.78, 5) is 22.2. The largest absolute Gasteiger partial charge is 0.490 e. The summed E-state index contributed by atoms with van der Waals surface area (Å²) in [6.45, 7) is 0. The molecule has 1 fully saturated rings. The Morgan fingerprint density at radius 2 is 1.91 bits per heavy atom. The Balaban J connectivity index is 1.76. The zero-order valence-electron chi connectivity index (χ0n) is 12.7. The summed E-state index contributed by atoms with van der Waals surface area (Å²) >= 11 is 0. The topological polar surface area (TPSA) is 75.6 Å². The van der Waals surface area contributed by atoms with Crippen LogP contribution in [0.3, 0.4) is 0 Å². The van der Waals surface area contributed by atoms with Crippen LogP contribution >= 0.6 is 0 Å². The van der Waals surface area contributed by atoms with Gasteiger partial charge in [-0.15, -0.1) is 0 Å². The van der Waals surface area contributed by atoms with Gasteiger partial charge in [0.05, 0.1) is 6.10 Å². The fraction of sp³-hybridized carbons (Fsp3) is 0.529. The highest BCUT2D eigenvalue weighted by Gasteiger charge is 2.16. The summed E-state index contributed by atoms with van der Waals surface area (Å²) < 4.78 is 5.91. The lowest BCUT2D eigenvalue weighted by atomic mass is 10.2. The molecule has 0 unspecified atom stereocenters. The van der Waals surface area contributed by atoms with Gasteiger partial charge < -0.3 is 15.2 Å². The molecule has 0 saturated heterocycles. The van der Waals surface area contributed by atoms with Crippen LogP contribution in [-0.2, 0) is 9.59 Å². The van der Waals surface area contributed by atoms with Crippen LogP contribution in [0.15, 0.2) is 24.3 Å². The third-order valence-electron chi connectivity index (χ3n) is 3.77. The van der Waals surface area contributed by atoms with Crippen molar-refractivity contribution in [2.45, 2.75) is 57.5 Å². The molecule has 0 bridgehead atoms. The summed E-state index contributed by atoms with van der Waals surface area (Å²) in [6.07, 6.45) is 6.47. The number of amides is 1. The number of carboxylic acid groups (broad SMARTS) is 1. The molecule has 1 aliphatic carbocycles. The minimum Gasteiger partial charge on any atom is -0.490 e. The van der Waals surface area contributed by atoms with Gasteiger partial charge in [-0.1, -0.05) is 6.07 Å². The molecule has 0 heterocycles. The summed E-state index contributed by atoms with van der Waals surface area (Å²) in [7, 11) is 0. The molecule has 0 aliphatic heterocycles. The van der Waals surface area contributed by atoms with Crippen molar-refractivity contribution in [1.29, 1.82) is 0 Å². The van der Waals surface area contributed by atoms with Gasteiger partial charge in [0.15, 0.2) is 0 Å². The molecule has 5 heteroatoms. The molecule has 2 rings (SSSR count). The van der Waals surface area contributed by atoms with Crippen molar-refractivity contribution in [3.05, 3.63) is 24.3 Å². The Morgan fingerprint density at radius 3 is 2.64 bits per heavy atom. The SMILES string of the molecule is O=C(O)CCCCC(=O)Nc1cccc(OC2CCCC2)c1. The van der Waals surface area contributed by atoms with E-state index in [1.807, 2.05) is 24.3 Å². The molecule has 1 aliphatic rings. The molecule has 5 nitrogen and oxygen atoms in total. The molecule has 0 spiro atoms. The Labute approximate surface area is 130 Å². The van der Waals surface area contributed by atoms with Crippen molar-refractivity contribution < 1.29 is 19.4 Å². The van der Waals surface area contributed by atoms with Crippen LogP contribution in [0.1, 0.15) is 51.4 Å². The Bertz CT molecular complexity index is 509. The van der Waals surface area contributed by atoms with Gasteiger partial charge >= 0.3 is 5.97 Å². The summed E-state index contributed by atoms with van der Waals surface area (Å²) in [5.74, 6) is -0.129. The number of aliphatic carboxylic acids is 1. The van der Waals surface area contributed by atoms with Crippen LogP contribution in [0.5, 0.6) is 5.75 Å². The molecular formula is C17H23NO4. The highest BCUT2D eigenvalue weighted by atomic mass is 16.5. The van der Waals surface area contributed by atoms with Crippen LogP contribution in [0.25, 0.3) is 0 Å². The van der Waals surface area contributed by atoms with Crippen molar-refractivity contribution in [3.63, 3.8) is 0 Å². The number of hydrogen-bond acceptors (Lipinski definition) is 3. The van der Waals surface area contributed by atoms with Gasteiger partial charge in [-0.25, -0.2) is 0 Å². The van der Waals surface area contributed by atoms with Gasteiger partial charge in [0.1, 0.15) is 5.75 Å². The van der Waals surface area contributed by atoms with Gasteiger partial charge in [-0.05, 0) is 50.7 Å². The van der Waals surface area contributed by atoms with E-state index in [4.69, 9.17) is 9.84 Å². The first-order chi connectivity index (χ1) is 10.6. The lowest BCUT2D eigenvalue weighted by Crippen LogP contribution is -2.13. The quantitative estimate of drug-likeness (QED) is 0.720. The second-order valence-corrected chi connectivity index (χ2v) is 5.70. The molecule has 120 valence electrons. The molecule has 1 aromatic rings. The van der Waals surface area contributed by atoms with E-state index in [0.29, 0.717) is 25.4 Å². The number of nitrogens with one attached hydrogen (secondary N) is 1. The molecule has 1 aromatic carbocycles. The average Bonchev–Trinajstić information content (AvgIpc) is 2.97. The van der Waals surface area contributed by atoms with Crippen LogP contribution < -0.4 is 10.1 Å². The predicted molar refractivity (Wildman–Crippen MR) is 84.1 cm³/mol. The van der Waals surface area contributed by atoms with Crippen LogP contribution in [0, 0.1) is 0 Å². The number of anilines is 1. The number of hydrogen-bond donors (Lipinski definition) is 2. The Hall–Kier alpha value is -2.04. The van der Waals surface area contributed by atoms with Crippen molar-refractivity contribution in [2.24, 2.45) is 0 Å². The number of carboxylic acids is 1. The van der Waals surface area contributed by atoms with E-state index in [-0.39, 0.29) is 12.3 Å². The molecule has 1 saturated carbocycles. The van der Waals surface area contributed by atoms with Gasteiger partial charge in [-0.2, -0.15) is 0 Å². The first kappa shape index (κ1) is 16.3. The van der Waals surface area contributed by atoms with E-state index in [2.05, 4.69) is 5.32 Å². The first-order valence-electron chi connectivity index (χ1n) is 7.92. The lowest BCUT2D eigenvalue weighted by Gasteiger charge is -2.14.